The fourth-order valence-electron chi connectivity index (χ4n) is 2.65. The average molecular weight is 371 g/mol. The summed E-state index contributed by atoms with van der Waals surface area (Å²) in [5.41, 5.74) is 1.47. The Labute approximate surface area is 156 Å². The summed E-state index contributed by atoms with van der Waals surface area (Å²) in [4.78, 5) is 22.9. The number of thiazole rings is 1. The standard InChI is InChI=1S/C18H21N5O2S/c1-13(2)23-17(20-12-21-23)14-3-5-15(6-4-14)18(25)22(8-9-24)11-16-19-7-10-26-16/h3-7,10,12-13,24H,8-9,11H2,1-2H3. The molecule has 3 rings (SSSR count). The molecule has 8 heteroatoms. The van der Waals surface area contributed by atoms with Gasteiger partial charge in [0.25, 0.3) is 5.91 Å². The molecular weight excluding hydrogens is 350 g/mol. The van der Waals surface area contributed by atoms with E-state index in [1.165, 1.54) is 17.7 Å². The van der Waals surface area contributed by atoms with E-state index < -0.39 is 0 Å². The van der Waals surface area contributed by atoms with Gasteiger partial charge in [0.2, 0.25) is 0 Å². The van der Waals surface area contributed by atoms with Crippen molar-refractivity contribution in [1.82, 2.24) is 24.6 Å². The summed E-state index contributed by atoms with van der Waals surface area (Å²) in [5, 5.41) is 16.2. The predicted molar refractivity (Wildman–Crippen MR) is 99.8 cm³/mol. The zero-order valence-corrected chi connectivity index (χ0v) is 15.6. The van der Waals surface area contributed by atoms with Crippen LogP contribution in [0.5, 0.6) is 0 Å². The number of benzene rings is 1. The topological polar surface area (TPSA) is 84.1 Å². The van der Waals surface area contributed by atoms with Crippen LogP contribution in [0, 0.1) is 0 Å². The van der Waals surface area contributed by atoms with Gasteiger partial charge >= 0.3 is 0 Å². The lowest BCUT2D eigenvalue weighted by Gasteiger charge is -2.20. The number of hydrogen-bond acceptors (Lipinski definition) is 6. The quantitative estimate of drug-likeness (QED) is 0.690. The van der Waals surface area contributed by atoms with Crippen LogP contribution in [0.3, 0.4) is 0 Å². The van der Waals surface area contributed by atoms with Crippen LogP contribution >= 0.6 is 11.3 Å². The van der Waals surface area contributed by atoms with Crippen LogP contribution in [0.25, 0.3) is 11.4 Å². The van der Waals surface area contributed by atoms with Gasteiger partial charge in [0, 0.05) is 35.3 Å². The molecule has 1 aromatic carbocycles. The molecule has 0 spiro atoms. The number of aromatic nitrogens is 4. The highest BCUT2D eigenvalue weighted by atomic mass is 32.1. The van der Waals surface area contributed by atoms with Crippen LogP contribution < -0.4 is 0 Å². The van der Waals surface area contributed by atoms with Crippen molar-refractivity contribution in [2.24, 2.45) is 0 Å². The van der Waals surface area contributed by atoms with Gasteiger partial charge in [-0.05, 0) is 26.0 Å². The van der Waals surface area contributed by atoms with Crippen molar-refractivity contribution < 1.29 is 9.90 Å². The van der Waals surface area contributed by atoms with Crippen molar-refractivity contribution in [2.45, 2.75) is 26.4 Å². The van der Waals surface area contributed by atoms with Crippen molar-refractivity contribution in [3.8, 4) is 11.4 Å². The van der Waals surface area contributed by atoms with E-state index >= 15 is 0 Å². The van der Waals surface area contributed by atoms with Crippen molar-refractivity contribution in [3.05, 3.63) is 52.7 Å². The lowest BCUT2D eigenvalue weighted by atomic mass is 10.1. The molecule has 0 saturated heterocycles. The summed E-state index contributed by atoms with van der Waals surface area (Å²) in [6, 6.07) is 7.51. The maximum atomic E-state index is 12.8. The molecule has 0 atom stereocenters. The van der Waals surface area contributed by atoms with Gasteiger partial charge < -0.3 is 10.0 Å². The number of amides is 1. The molecule has 0 unspecified atom stereocenters. The average Bonchev–Trinajstić information content (AvgIpc) is 3.32. The van der Waals surface area contributed by atoms with Gasteiger partial charge in [0.05, 0.1) is 13.2 Å². The Morgan fingerprint density at radius 1 is 1.27 bits per heavy atom. The number of aliphatic hydroxyl groups is 1. The first-order valence-electron chi connectivity index (χ1n) is 8.38. The Balaban J connectivity index is 1.80. The van der Waals surface area contributed by atoms with Gasteiger partial charge in [0.15, 0.2) is 5.82 Å². The predicted octanol–water partition coefficient (Wildman–Crippen LogP) is 2.62. The molecule has 2 heterocycles. The van der Waals surface area contributed by atoms with Crippen molar-refractivity contribution >= 4 is 17.2 Å². The zero-order valence-electron chi connectivity index (χ0n) is 14.7. The van der Waals surface area contributed by atoms with E-state index in [0.717, 1.165) is 16.4 Å². The van der Waals surface area contributed by atoms with Gasteiger partial charge in [-0.25, -0.2) is 14.6 Å². The van der Waals surface area contributed by atoms with E-state index in [0.29, 0.717) is 12.1 Å². The van der Waals surface area contributed by atoms with Crippen LogP contribution in [0.4, 0.5) is 0 Å². The van der Waals surface area contributed by atoms with E-state index in [1.54, 1.807) is 23.2 Å². The molecule has 26 heavy (non-hydrogen) atoms. The van der Waals surface area contributed by atoms with Gasteiger partial charge in [-0.3, -0.25) is 4.79 Å². The van der Waals surface area contributed by atoms with Crippen LogP contribution in [0.1, 0.15) is 35.3 Å². The summed E-state index contributed by atoms with van der Waals surface area (Å²) in [6.45, 7) is 4.65. The maximum absolute atomic E-state index is 12.8. The highest BCUT2D eigenvalue weighted by Gasteiger charge is 2.17. The molecule has 2 aromatic heterocycles. The smallest absolute Gasteiger partial charge is 0.254 e. The van der Waals surface area contributed by atoms with Crippen LogP contribution in [0.15, 0.2) is 42.2 Å². The number of carbonyl (C=O) groups excluding carboxylic acids is 1. The zero-order chi connectivity index (χ0) is 18.5. The monoisotopic (exact) mass is 371 g/mol. The van der Waals surface area contributed by atoms with Gasteiger partial charge in [-0.15, -0.1) is 11.3 Å². The lowest BCUT2D eigenvalue weighted by Crippen LogP contribution is -2.33. The third kappa shape index (κ3) is 3.97. The molecule has 0 aliphatic carbocycles. The maximum Gasteiger partial charge on any atom is 0.254 e. The first-order chi connectivity index (χ1) is 12.6. The third-order valence-electron chi connectivity index (χ3n) is 3.92. The fourth-order valence-corrected chi connectivity index (χ4v) is 3.28. The SMILES string of the molecule is CC(C)n1ncnc1-c1ccc(C(=O)N(CCO)Cc2nccs2)cc1. The first-order valence-corrected chi connectivity index (χ1v) is 9.26. The summed E-state index contributed by atoms with van der Waals surface area (Å²) < 4.78 is 1.84. The molecule has 0 fully saturated rings. The molecule has 0 saturated carbocycles. The van der Waals surface area contributed by atoms with Crippen LogP contribution in [-0.2, 0) is 6.54 Å². The second-order valence-electron chi connectivity index (χ2n) is 6.08. The number of nitrogens with zero attached hydrogens (tertiary/aromatic N) is 5. The normalized spacial score (nSPS) is 11.1. The van der Waals surface area contributed by atoms with E-state index in [1.807, 2.05) is 36.0 Å². The van der Waals surface area contributed by atoms with Crippen LogP contribution in [-0.4, -0.2) is 48.8 Å². The minimum atomic E-state index is -0.133. The highest BCUT2D eigenvalue weighted by Crippen LogP contribution is 2.21. The Morgan fingerprint density at radius 3 is 2.65 bits per heavy atom. The van der Waals surface area contributed by atoms with E-state index in [2.05, 4.69) is 15.1 Å². The highest BCUT2D eigenvalue weighted by molar-refractivity contribution is 7.09. The summed E-state index contributed by atoms with van der Waals surface area (Å²) in [6.07, 6.45) is 3.24. The Hall–Kier alpha value is -2.58. The molecule has 136 valence electrons. The first kappa shape index (κ1) is 18.2. The van der Waals surface area contributed by atoms with Gasteiger partial charge in [-0.2, -0.15) is 5.10 Å². The molecule has 0 aliphatic heterocycles. The molecular formula is C18H21N5O2S. The second kappa shape index (κ2) is 8.20. The third-order valence-corrected chi connectivity index (χ3v) is 4.68. The van der Waals surface area contributed by atoms with Crippen molar-refractivity contribution in [1.29, 1.82) is 0 Å². The van der Waals surface area contributed by atoms with Crippen molar-refractivity contribution in [3.63, 3.8) is 0 Å². The summed E-state index contributed by atoms with van der Waals surface area (Å²) in [7, 11) is 0. The number of aliphatic hydroxyl groups excluding tert-OH is 1. The van der Waals surface area contributed by atoms with E-state index in [4.69, 9.17) is 0 Å². The Kier molecular flexibility index (Phi) is 5.75. The van der Waals surface area contributed by atoms with Gasteiger partial charge in [0.1, 0.15) is 11.3 Å². The Bertz CT molecular complexity index is 843. The minimum absolute atomic E-state index is 0.0906. The molecule has 7 nitrogen and oxygen atoms in total. The second-order valence-corrected chi connectivity index (χ2v) is 7.05. The lowest BCUT2D eigenvalue weighted by molar-refractivity contribution is 0.0707. The number of carbonyl (C=O) groups is 1. The molecule has 0 radical (unpaired) electrons. The number of hydrogen-bond donors (Lipinski definition) is 1. The van der Waals surface area contributed by atoms with E-state index in [-0.39, 0.29) is 25.1 Å². The molecule has 3 aromatic rings. The largest absolute Gasteiger partial charge is 0.395 e. The Morgan fingerprint density at radius 2 is 2.04 bits per heavy atom. The molecule has 0 bridgehead atoms. The molecule has 0 aliphatic rings. The van der Waals surface area contributed by atoms with Crippen molar-refractivity contribution in [2.75, 3.05) is 13.2 Å². The molecule has 1 N–H and O–H groups in total. The van der Waals surface area contributed by atoms with E-state index in [9.17, 15) is 9.90 Å². The fraction of sp³-hybridized carbons (Fsp3) is 0.333. The van der Waals surface area contributed by atoms with Gasteiger partial charge in [-0.1, -0.05) is 12.1 Å². The summed E-state index contributed by atoms with van der Waals surface area (Å²) >= 11 is 1.49. The molecule has 1 amide bonds. The van der Waals surface area contributed by atoms with Crippen LogP contribution in [0.2, 0.25) is 0 Å². The number of rotatable bonds is 7. The summed E-state index contributed by atoms with van der Waals surface area (Å²) in [5.74, 6) is 0.639. The minimum Gasteiger partial charge on any atom is -0.395 e.